The Morgan fingerprint density at radius 1 is 1.55 bits per heavy atom. The van der Waals surface area contributed by atoms with Crippen LogP contribution in [0.1, 0.15) is 26.2 Å². The van der Waals surface area contributed by atoms with Gasteiger partial charge in [-0.25, -0.2) is 0 Å². The quantitative estimate of drug-likeness (QED) is 0.639. The summed E-state index contributed by atoms with van der Waals surface area (Å²) in [6.45, 7) is 11.0. The lowest BCUT2D eigenvalue weighted by Crippen LogP contribution is -2.19. The first-order chi connectivity index (χ1) is 10.6. The van der Waals surface area contributed by atoms with Gasteiger partial charge in [-0.1, -0.05) is 6.58 Å². The number of nitriles is 1. The van der Waals surface area contributed by atoms with Crippen LogP contribution in [0.2, 0.25) is 0 Å². The van der Waals surface area contributed by atoms with E-state index in [1.165, 1.54) is 0 Å². The van der Waals surface area contributed by atoms with Gasteiger partial charge in [0.1, 0.15) is 0 Å². The van der Waals surface area contributed by atoms with Crippen molar-refractivity contribution in [3.8, 4) is 6.07 Å². The van der Waals surface area contributed by atoms with Gasteiger partial charge < -0.3 is 5.32 Å². The summed E-state index contributed by atoms with van der Waals surface area (Å²) < 4.78 is 0. The van der Waals surface area contributed by atoms with Crippen molar-refractivity contribution in [2.45, 2.75) is 26.2 Å². The number of aliphatic imine (C=N–C) groups is 2. The van der Waals surface area contributed by atoms with E-state index in [1.807, 2.05) is 14.0 Å². The van der Waals surface area contributed by atoms with Crippen molar-refractivity contribution < 1.29 is 0 Å². The highest BCUT2D eigenvalue weighted by Crippen LogP contribution is 2.18. The van der Waals surface area contributed by atoms with E-state index >= 15 is 0 Å². The standard InChI is InChI=1S/C16H24N6/c1-12(16-13(2)22-21-11-15(16)19-4)20-10-7-14(5-8-17)6-9-18-3/h11,14,18,22H,2,4-7,9-10H2,1,3H3/b20-12-. The van der Waals surface area contributed by atoms with Crippen LogP contribution in [0.5, 0.6) is 0 Å². The van der Waals surface area contributed by atoms with Crippen LogP contribution in [-0.2, 0) is 0 Å². The molecule has 6 nitrogen and oxygen atoms in total. The topological polar surface area (TPSA) is 84.9 Å². The van der Waals surface area contributed by atoms with E-state index < -0.39 is 0 Å². The molecule has 1 unspecified atom stereocenters. The van der Waals surface area contributed by atoms with Crippen molar-refractivity contribution in [3.05, 3.63) is 23.5 Å². The second-order valence-electron chi connectivity index (χ2n) is 5.14. The van der Waals surface area contributed by atoms with Gasteiger partial charge in [0.25, 0.3) is 0 Å². The molecule has 0 aromatic carbocycles. The number of nitrogens with zero attached hydrogens (tertiary/aromatic N) is 4. The molecule has 1 heterocycles. The van der Waals surface area contributed by atoms with Crippen LogP contribution in [0.3, 0.4) is 0 Å². The molecule has 2 N–H and O–H groups in total. The molecule has 0 fully saturated rings. The van der Waals surface area contributed by atoms with Crippen molar-refractivity contribution in [2.24, 2.45) is 21.0 Å². The van der Waals surface area contributed by atoms with Crippen LogP contribution in [0, 0.1) is 17.2 Å². The van der Waals surface area contributed by atoms with Gasteiger partial charge in [-0.3, -0.25) is 15.4 Å². The highest BCUT2D eigenvalue weighted by molar-refractivity contribution is 6.07. The third-order valence-electron chi connectivity index (χ3n) is 3.55. The minimum atomic E-state index is 0.370. The van der Waals surface area contributed by atoms with Crippen molar-refractivity contribution in [2.75, 3.05) is 20.1 Å². The van der Waals surface area contributed by atoms with E-state index in [2.05, 4.69) is 45.2 Å². The Morgan fingerprint density at radius 3 is 2.95 bits per heavy atom. The summed E-state index contributed by atoms with van der Waals surface area (Å²) in [4.78, 5) is 8.57. The van der Waals surface area contributed by atoms with Crippen molar-refractivity contribution in [3.63, 3.8) is 0 Å². The minimum absolute atomic E-state index is 0.370. The van der Waals surface area contributed by atoms with E-state index in [0.29, 0.717) is 30.3 Å². The molecule has 0 saturated carbocycles. The Morgan fingerprint density at radius 2 is 2.32 bits per heavy atom. The largest absolute Gasteiger partial charge is 0.320 e. The highest BCUT2D eigenvalue weighted by Gasteiger charge is 2.15. The van der Waals surface area contributed by atoms with E-state index in [4.69, 9.17) is 5.26 Å². The zero-order chi connectivity index (χ0) is 16.4. The zero-order valence-electron chi connectivity index (χ0n) is 13.4. The molecule has 1 aliphatic rings. The third kappa shape index (κ3) is 5.26. The number of rotatable bonds is 9. The van der Waals surface area contributed by atoms with Crippen molar-refractivity contribution in [1.82, 2.24) is 10.7 Å². The number of hydrogen-bond donors (Lipinski definition) is 2. The maximum absolute atomic E-state index is 8.88. The van der Waals surface area contributed by atoms with E-state index in [-0.39, 0.29) is 0 Å². The molecule has 0 aromatic heterocycles. The molecule has 6 heteroatoms. The lowest BCUT2D eigenvalue weighted by molar-refractivity contribution is 0.458. The summed E-state index contributed by atoms with van der Waals surface area (Å²) in [6.07, 6.45) is 4.06. The molecule has 1 aliphatic heterocycles. The SMILES string of the molecule is C=NC1=C(/C(C)=N\CCC(CC#N)CCNC)C(=C)NN=C1. The molecule has 0 amide bonds. The summed E-state index contributed by atoms with van der Waals surface area (Å²) in [5.74, 6) is 0.370. The molecule has 0 aliphatic carbocycles. The third-order valence-corrected chi connectivity index (χ3v) is 3.55. The molecule has 1 rings (SSSR count). The van der Waals surface area contributed by atoms with Crippen LogP contribution < -0.4 is 10.7 Å². The smallest absolute Gasteiger partial charge is 0.0934 e. The van der Waals surface area contributed by atoms with Gasteiger partial charge in [-0.15, -0.1) is 0 Å². The molecule has 1 atom stereocenters. The summed E-state index contributed by atoms with van der Waals surface area (Å²) in [7, 11) is 1.92. The van der Waals surface area contributed by atoms with E-state index in [1.54, 1.807) is 6.21 Å². The molecule has 0 spiro atoms. The van der Waals surface area contributed by atoms with Gasteiger partial charge in [0.05, 0.1) is 23.7 Å². The molecule has 0 saturated heterocycles. The molecule has 0 aromatic rings. The normalized spacial score (nSPS) is 16.2. The molecular weight excluding hydrogens is 276 g/mol. The monoisotopic (exact) mass is 300 g/mol. The van der Waals surface area contributed by atoms with Crippen LogP contribution in [0.4, 0.5) is 0 Å². The van der Waals surface area contributed by atoms with Gasteiger partial charge in [-0.05, 0) is 46.0 Å². The van der Waals surface area contributed by atoms with Gasteiger partial charge in [0.2, 0.25) is 0 Å². The summed E-state index contributed by atoms with van der Waals surface area (Å²) in [6, 6.07) is 2.25. The Bertz CT molecular complexity index is 535. The summed E-state index contributed by atoms with van der Waals surface area (Å²) >= 11 is 0. The van der Waals surface area contributed by atoms with E-state index in [9.17, 15) is 0 Å². The fraction of sp³-hybridized carbons (Fsp3) is 0.500. The predicted molar refractivity (Wildman–Crippen MR) is 92.2 cm³/mol. The zero-order valence-corrected chi connectivity index (χ0v) is 13.4. The van der Waals surface area contributed by atoms with Crippen LogP contribution in [-0.4, -0.2) is 38.8 Å². The van der Waals surface area contributed by atoms with Crippen LogP contribution >= 0.6 is 0 Å². The fourth-order valence-electron chi connectivity index (χ4n) is 2.29. The second-order valence-corrected chi connectivity index (χ2v) is 5.14. The first-order valence-electron chi connectivity index (χ1n) is 7.36. The highest BCUT2D eigenvalue weighted by atomic mass is 15.3. The average Bonchev–Trinajstić information content (AvgIpc) is 2.52. The Kier molecular flexibility index (Phi) is 7.79. The molecule has 118 valence electrons. The second kappa shape index (κ2) is 9.64. The lowest BCUT2D eigenvalue weighted by atomic mass is 9.98. The maximum atomic E-state index is 8.88. The van der Waals surface area contributed by atoms with Crippen molar-refractivity contribution >= 4 is 18.6 Å². The fourth-order valence-corrected chi connectivity index (χ4v) is 2.29. The Hall–Kier alpha value is -2.26. The van der Waals surface area contributed by atoms with Crippen molar-refractivity contribution in [1.29, 1.82) is 5.26 Å². The van der Waals surface area contributed by atoms with Crippen LogP contribution in [0.15, 0.2) is 38.6 Å². The summed E-state index contributed by atoms with van der Waals surface area (Å²) in [5, 5.41) is 15.9. The number of hydrogen-bond acceptors (Lipinski definition) is 6. The minimum Gasteiger partial charge on any atom is -0.320 e. The molecule has 22 heavy (non-hydrogen) atoms. The first kappa shape index (κ1) is 17.8. The predicted octanol–water partition coefficient (Wildman–Crippen LogP) is 2.03. The maximum Gasteiger partial charge on any atom is 0.0934 e. The van der Waals surface area contributed by atoms with Gasteiger partial charge >= 0.3 is 0 Å². The van der Waals surface area contributed by atoms with Gasteiger partial charge in [0, 0.05) is 24.3 Å². The summed E-state index contributed by atoms with van der Waals surface area (Å²) in [5.41, 5.74) is 5.87. The molecule has 0 radical (unpaired) electrons. The molecular formula is C16H24N6. The molecule has 0 bridgehead atoms. The van der Waals surface area contributed by atoms with Gasteiger partial charge in [0.15, 0.2) is 0 Å². The average molecular weight is 300 g/mol. The number of hydrazone groups is 1. The van der Waals surface area contributed by atoms with Crippen LogP contribution in [0.25, 0.3) is 0 Å². The lowest BCUT2D eigenvalue weighted by Gasteiger charge is -2.16. The number of nitrogens with one attached hydrogen (secondary N) is 2. The van der Waals surface area contributed by atoms with Gasteiger partial charge in [-0.2, -0.15) is 10.4 Å². The number of allylic oxidation sites excluding steroid dienone is 2. The van der Waals surface area contributed by atoms with E-state index in [0.717, 1.165) is 30.7 Å². The Labute approximate surface area is 132 Å². The first-order valence-corrected chi connectivity index (χ1v) is 7.36. The Balaban J connectivity index is 2.70.